The lowest BCUT2D eigenvalue weighted by Gasteiger charge is -2.24. The largest absolute Gasteiger partial charge is 0.493 e. The molecule has 0 saturated carbocycles. The van der Waals surface area contributed by atoms with Crippen LogP contribution >= 0.6 is 0 Å². The molecule has 0 aromatic carbocycles. The first-order valence-electron chi connectivity index (χ1n) is 8.14. The molecule has 27 heavy (non-hydrogen) atoms. The first-order valence-corrected chi connectivity index (χ1v) is 8.14. The van der Waals surface area contributed by atoms with Crippen LogP contribution in [0.5, 0.6) is 0 Å². The second kappa shape index (κ2) is 9.26. The maximum Gasteiger partial charge on any atom is 0.291 e. The molecular weight excluding hydrogens is 360 g/mol. The van der Waals surface area contributed by atoms with Gasteiger partial charge in [-0.15, -0.1) is 0 Å². The summed E-state index contributed by atoms with van der Waals surface area (Å²) in [6, 6.07) is 0. The van der Waals surface area contributed by atoms with Gasteiger partial charge in [-0.25, -0.2) is 0 Å². The normalized spacial score (nSPS) is 22.0. The summed E-state index contributed by atoms with van der Waals surface area (Å²) in [5.41, 5.74) is 0.182. The quantitative estimate of drug-likeness (QED) is 0.341. The molecule has 0 radical (unpaired) electrons. The van der Waals surface area contributed by atoms with E-state index in [0.29, 0.717) is 0 Å². The van der Waals surface area contributed by atoms with Gasteiger partial charge in [0.1, 0.15) is 0 Å². The van der Waals surface area contributed by atoms with Crippen LogP contribution in [-0.4, -0.2) is 60.3 Å². The Kier molecular flexibility index (Phi) is 7.05. The summed E-state index contributed by atoms with van der Waals surface area (Å²) in [6.07, 6.45) is 3.29. The van der Waals surface area contributed by atoms with Gasteiger partial charge in [0.25, 0.3) is 11.7 Å². The highest BCUT2D eigenvalue weighted by Crippen LogP contribution is 2.25. The number of aliphatic hydroxyl groups excluding tert-OH is 2. The summed E-state index contributed by atoms with van der Waals surface area (Å²) in [4.78, 5) is 35.7. The van der Waals surface area contributed by atoms with E-state index >= 15 is 0 Å². The molecule has 1 aliphatic carbocycles. The lowest BCUT2D eigenvalue weighted by atomic mass is 10.0. The minimum atomic E-state index is -0.930. The summed E-state index contributed by atoms with van der Waals surface area (Å²) < 4.78 is 21.0. The van der Waals surface area contributed by atoms with E-state index in [2.05, 4.69) is 0 Å². The van der Waals surface area contributed by atoms with Gasteiger partial charge in [-0.1, -0.05) is 0 Å². The highest BCUT2D eigenvalue weighted by molar-refractivity contribution is 6.47. The average Bonchev–Trinajstić information content (AvgIpc) is 2.64. The number of rotatable bonds is 8. The van der Waals surface area contributed by atoms with Crippen LogP contribution in [0.25, 0.3) is 0 Å². The smallest absolute Gasteiger partial charge is 0.291 e. The lowest BCUT2D eigenvalue weighted by molar-refractivity contribution is -0.174. The Balaban J connectivity index is 2.18. The standard InChI is InChI=1S/C18H20O9/c1-10(25-12(9-20)5-6-19)26-16-8-14(22)17(23)18(27-16)11-3-4-13(21)15(7-11)24-2/h3-4,7-8,10,12,19-20H,5-6,9H2,1-2H3. The summed E-state index contributed by atoms with van der Waals surface area (Å²) in [5, 5.41) is 18.1. The number of allylic oxidation sites excluding steroid dienone is 6. The van der Waals surface area contributed by atoms with Gasteiger partial charge in [0.05, 0.1) is 25.9 Å². The van der Waals surface area contributed by atoms with E-state index in [-0.39, 0.29) is 48.5 Å². The zero-order valence-corrected chi connectivity index (χ0v) is 14.8. The molecule has 0 amide bonds. The summed E-state index contributed by atoms with van der Waals surface area (Å²) in [5.74, 6) is -2.73. The molecule has 2 atom stereocenters. The van der Waals surface area contributed by atoms with Crippen molar-refractivity contribution in [2.75, 3.05) is 20.3 Å². The Morgan fingerprint density at radius 2 is 1.85 bits per heavy atom. The second-order valence-electron chi connectivity index (χ2n) is 5.59. The van der Waals surface area contributed by atoms with Gasteiger partial charge in [-0.3, -0.25) is 14.4 Å². The summed E-state index contributed by atoms with van der Waals surface area (Å²) in [6.45, 7) is 0.990. The Hall–Kier alpha value is -2.75. The fraction of sp³-hybridized carbons (Fsp3) is 0.389. The van der Waals surface area contributed by atoms with Crippen LogP contribution in [-0.2, 0) is 33.3 Å². The topological polar surface area (TPSA) is 129 Å². The fourth-order valence-electron chi connectivity index (χ4n) is 2.33. The van der Waals surface area contributed by atoms with Crippen molar-refractivity contribution in [3.05, 3.63) is 47.3 Å². The van der Waals surface area contributed by atoms with Crippen molar-refractivity contribution in [3.63, 3.8) is 0 Å². The zero-order chi connectivity index (χ0) is 20.0. The molecule has 0 saturated heterocycles. The molecule has 1 heterocycles. The zero-order valence-electron chi connectivity index (χ0n) is 14.8. The lowest BCUT2D eigenvalue weighted by Crippen LogP contribution is -2.29. The number of ketones is 3. The number of Topliss-reactive ketones (excluding diaryl/α,β-unsaturated/α-hetero) is 1. The maximum atomic E-state index is 12.1. The minimum Gasteiger partial charge on any atom is -0.493 e. The van der Waals surface area contributed by atoms with Gasteiger partial charge in [-0.05, 0) is 31.6 Å². The number of ether oxygens (including phenoxy) is 4. The Morgan fingerprint density at radius 3 is 2.48 bits per heavy atom. The van der Waals surface area contributed by atoms with Crippen molar-refractivity contribution in [2.24, 2.45) is 0 Å². The summed E-state index contributed by atoms with van der Waals surface area (Å²) >= 11 is 0. The molecule has 0 spiro atoms. The number of methoxy groups -OCH3 is 1. The van der Waals surface area contributed by atoms with Gasteiger partial charge in [0, 0.05) is 12.2 Å². The van der Waals surface area contributed by atoms with Crippen molar-refractivity contribution in [2.45, 2.75) is 25.7 Å². The van der Waals surface area contributed by atoms with Gasteiger partial charge >= 0.3 is 0 Å². The molecule has 2 aliphatic rings. The van der Waals surface area contributed by atoms with Crippen molar-refractivity contribution >= 4 is 17.3 Å². The van der Waals surface area contributed by atoms with Gasteiger partial charge in [-0.2, -0.15) is 0 Å². The van der Waals surface area contributed by atoms with Gasteiger partial charge in [0.2, 0.25) is 17.9 Å². The van der Waals surface area contributed by atoms with Crippen molar-refractivity contribution in [3.8, 4) is 0 Å². The van der Waals surface area contributed by atoms with E-state index in [1.807, 2.05) is 0 Å². The number of carbonyl (C=O) groups excluding carboxylic acids is 3. The van der Waals surface area contributed by atoms with Crippen LogP contribution in [0.1, 0.15) is 13.3 Å². The van der Waals surface area contributed by atoms with E-state index in [4.69, 9.17) is 24.1 Å². The first-order chi connectivity index (χ1) is 12.9. The number of hydrogen-bond acceptors (Lipinski definition) is 9. The van der Waals surface area contributed by atoms with E-state index in [1.165, 1.54) is 32.3 Å². The van der Waals surface area contributed by atoms with Crippen molar-refractivity contribution in [1.82, 2.24) is 0 Å². The predicted molar refractivity (Wildman–Crippen MR) is 89.7 cm³/mol. The Bertz CT molecular complexity index is 742. The maximum absolute atomic E-state index is 12.1. The van der Waals surface area contributed by atoms with Gasteiger partial charge < -0.3 is 29.2 Å². The third kappa shape index (κ3) is 5.13. The molecule has 9 heteroatoms. The average molecular weight is 380 g/mol. The van der Waals surface area contributed by atoms with Crippen molar-refractivity contribution in [1.29, 1.82) is 0 Å². The van der Waals surface area contributed by atoms with Gasteiger partial charge in [0.15, 0.2) is 11.5 Å². The first kappa shape index (κ1) is 20.6. The second-order valence-corrected chi connectivity index (χ2v) is 5.59. The SMILES string of the molecule is COC1=CC(=C2OC(OC(C)OC(CO)CCO)=CC(=O)C2=O)C=CC1=O. The predicted octanol–water partition coefficient (Wildman–Crippen LogP) is 0.0420. The van der Waals surface area contributed by atoms with Crippen LogP contribution in [0.4, 0.5) is 0 Å². The van der Waals surface area contributed by atoms with Crippen LogP contribution in [0.2, 0.25) is 0 Å². The van der Waals surface area contributed by atoms with E-state index < -0.39 is 24.0 Å². The van der Waals surface area contributed by atoms with E-state index in [9.17, 15) is 19.5 Å². The molecule has 1 aliphatic heterocycles. The van der Waals surface area contributed by atoms with E-state index in [0.717, 1.165) is 6.08 Å². The third-order valence-corrected chi connectivity index (χ3v) is 3.63. The molecule has 2 N–H and O–H groups in total. The van der Waals surface area contributed by atoms with E-state index in [1.54, 1.807) is 0 Å². The molecule has 2 rings (SSSR count). The molecule has 9 nitrogen and oxygen atoms in total. The number of aliphatic hydroxyl groups is 2. The van der Waals surface area contributed by atoms with Crippen LogP contribution in [0.3, 0.4) is 0 Å². The Labute approximate surface area is 155 Å². The highest BCUT2D eigenvalue weighted by atomic mass is 16.8. The molecule has 0 aromatic rings. The molecule has 0 fully saturated rings. The summed E-state index contributed by atoms with van der Waals surface area (Å²) in [7, 11) is 1.30. The Morgan fingerprint density at radius 1 is 1.11 bits per heavy atom. The minimum absolute atomic E-state index is 0.00707. The molecule has 146 valence electrons. The molecular formula is C18H20O9. The molecule has 2 unspecified atom stereocenters. The fourth-order valence-corrected chi connectivity index (χ4v) is 2.33. The number of carbonyl (C=O) groups is 3. The highest BCUT2D eigenvalue weighted by Gasteiger charge is 2.31. The van der Waals surface area contributed by atoms with Crippen molar-refractivity contribution < 1.29 is 43.5 Å². The third-order valence-electron chi connectivity index (χ3n) is 3.63. The number of hydrogen-bond donors (Lipinski definition) is 2. The van der Waals surface area contributed by atoms with Crippen LogP contribution in [0.15, 0.2) is 47.3 Å². The molecule has 0 aromatic heterocycles. The van der Waals surface area contributed by atoms with Crippen LogP contribution < -0.4 is 0 Å². The molecule has 0 bridgehead atoms. The van der Waals surface area contributed by atoms with Crippen LogP contribution in [0, 0.1) is 0 Å². The monoisotopic (exact) mass is 380 g/mol.